The molecule has 0 unspecified atom stereocenters. The van der Waals surface area contributed by atoms with E-state index in [1.165, 1.54) is 6.33 Å². The van der Waals surface area contributed by atoms with Crippen molar-refractivity contribution in [1.29, 1.82) is 0 Å². The molecule has 8 heteroatoms. The predicted octanol–water partition coefficient (Wildman–Crippen LogP) is 3.60. The van der Waals surface area contributed by atoms with Gasteiger partial charge in [-0.05, 0) is 38.6 Å². The van der Waals surface area contributed by atoms with Gasteiger partial charge in [0.1, 0.15) is 30.7 Å². The van der Waals surface area contributed by atoms with E-state index in [9.17, 15) is 4.39 Å². The molecule has 0 spiro atoms. The molecule has 3 aromatic rings. The van der Waals surface area contributed by atoms with Crippen LogP contribution in [0.5, 0.6) is 11.5 Å². The molecular weight excluding hydrogens is 409 g/mol. The number of piperazine rings is 1. The summed E-state index contributed by atoms with van der Waals surface area (Å²) in [5.74, 6) is 1.57. The van der Waals surface area contributed by atoms with Crippen LogP contribution < -0.4 is 14.8 Å². The van der Waals surface area contributed by atoms with Crippen molar-refractivity contribution in [2.24, 2.45) is 0 Å². The summed E-state index contributed by atoms with van der Waals surface area (Å²) in [4.78, 5) is 13.5. The summed E-state index contributed by atoms with van der Waals surface area (Å²) < 4.78 is 26.9. The van der Waals surface area contributed by atoms with Gasteiger partial charge in [0.15, 0.2) is 11.5 Å². The molecule has 2 aliphatic heterocycles. The minimum atomic E-state index is -0.293. The molecule has 0 bridgehead atoms. The van der Waals surface area contributed by atoms with Crippen LogP contribution in [-0.2, 0) is 0 Å². The van der Waals surface area contributed by atoms with E-state index in [-0.39, 0.29) is 11.9 Å². The number of rotatable bonds is 4. The highest BCUT2D eigenvalue weighted by Crippen LogP contribution is 2.38. The number of anilines is 2. The normalized spacial score (nSPS) is 21.6. The Labute approximate surface area is 187 Å². The average Bonchev–Trinajstić information content (AvgIpc) is 2.78. The molecule has 7 nitrogen and oxygen atoms in total. The summed E-state index contributed by atoms with van der Waals surface area (Å²) in [5.41, 5.74) is 1.66. The number of likely N-dealkylation sites (N-methyl/N-ethyl adjacent to an activating group) is 1. The van der Waals surface area contributed by atoms with Gasteiger partial charge < -0.3 is 19.7 Å². The van der Waals surface area contributed by atoms with Gasteiger partial charge >= 0.3 is 0 Å². The molecule has 0 radical (unpaired) electrons. The van der Waals surface area contributed by atoms with Gasteiger partial charge in [0.2, 0.25) is 0 Å². The lowest BCUT2D eigenvalue weighted by Gasteiger charge is -2.40. The van der Waals surface area contributed by atoms with Crippen molar-refractivity contribution >= 4 is 22.4 Å². The Morgan fingerprint density at radius 2 is 2.06 bits per heavy atom. The lowest BCUT2D eigenvalue weighted by molar-refractivity contribution is 0.0238. The Balaban J connectivity index is 1.40. The van der Waals surface area contributed by atoms with Crippen LogP contribution >= 0.6 is 0 Å². The van der Waals surface area contributed by atoms with Crippen LogP contribution in [0.4, 0.5) is 15.9 Å². The van der Waals surface area contributed by atoms with Crippen molar-refractivity contribution in [1.82, 2.24) is 19.8 Å². The Kier molecular flexibility index (Phi) is 5.57. The average molecular weight is 438 g/mol. The second-order valence-electron chi connectivity index (χ2n) is 8.76. The summed E-state index contributed by atoms with van der Waals surface area (Å²) in [7, 11) is 2.16. The maximum Gasteiger partial charge on any atom is 0.163 e. The van der Waals surface area contributed by atoms with Crippen molar-refractivity contribution in [3.8, 4) is 11.5 Å². The number of hydrogen-bond acceptors (Lipinski definition) is 7. The molecule has 2 aliphatic rings. The number of nitrogens with one attached hydrogen (secondary N) is 1. The largest absolute Gasteiger partial charge is 0.486 e. The Morgan fingerprint density at radius 3 is 2.91 bits per heavy atom. The first-order valence-electron chi connectivity index (χ1n) is 11.0. The van der Waals surface area contributed by atoms with Gasteiger partial charge in [-0.3, -0.25) is 4.90 Å². The van der Waals surface area contributed by atoms with Gasteiger partial charge in [-0.25, -0.2) is 14.4 Å². The molecule has 0 aliphatic carbocycles. The fourth-order valence-corrected chi connectivity index (χ4v) is 4.44. The van der Waals surface area contributed by atoms with Crippen molar-refractivity contribution in [2.75, 3.05) is 45.2 Å². The summed E-state index contributed by atoms with van der Waals surface area (Å²) in [6.07, 6.45) is 1.41. The molecule has 1 fully saturated rings. The third-order valence-corrected chi connectivity index (χ3v) is 6.27. The standard InChI is InChI=1S/C24H28FN5O2/c1-15-5-4-6-19(23(15)25)28-24-18-9-22-21(10-20(18)26-14-27-24)31-13-17(32-22)12-30-8-7-29(3)11-16(30)2/h4-6,9-10,14,16-17H,7-8,11-13H2,1-3H3,(H,26,27,28)/t16-,17-/m0/s1. The number of hydrogen-bond donors (Lipinski definition) is 1. The quantitative estimate of drug-likeness (QED) is 0.669. The van der Waals surface area contributed by atoms with Gasteiger partial charge in [0.25, 0.3) is 0 Å². The van der Waals surface area contributed by atoms with E-state index in [1.807, 2.05) is 18.2 Å². The van der Waals surface area contributed by atoms with E-state index >= 15 is 0 Å². The van der Waals surface area contributed by atoms with Crippen LogP contribution in [0.15, 0.2) is 36.7 Å². The van der Waals surface area contributed by atoms with Crippen LogP contribution in [-0.4, -0.2) is 71.7 Å². The van der Waals surface area contributed by atoms with Crippen molar-refractivity contribution in [2.45, 2.75) is 26.0 Å². The molecular formula is C24H28FN5O2. The van der Waals surface area contributed by atoms with E-state index in [4.69, 9.17) is 9.47 Å². The number of benzene rings is 2. The van der Waals surface area contributed by atoms with E-state index in [0.717, 1.165) is 31.6 Å². The highest BCUT2D eigenvalue weighted by Gasteiger charge is 2.28. The van der Waals surface area contributed by atoms with E-state index in [1.54, 1.807) is 19.1 Å². The van der Waals surface area contributed by atoms with Gasteiger partial charge in [-0.15, -0.1) is 0 Å². The number of halogens is 1. The smallest absolute Gasteiger partial charge is 0.163 e. The monoisotopic (exact) mass is 437 g/mol. The number of aryl methyl sites for hydroxylation is 1. The molecule has 1 aromatic heterocycles. The van der Waals surface area contributed by atoms with Gasteiger partial charge in [0, 0.05) is 43.7 Å². The molecule has 5 rings (SSSR count). The fraction of sp³-hybridized carbons (Fsp3) is 0.417. The van der Waals surface area contributed by atoms with Crippen molar-refractivity contribution < 1.29 is 13.9 Å². The minimum Gasteiger partial charge on any atom is -0.486 e. The second-order valence-corrected chi connectivity index (χ2v) is 8.76. The molecule has 2 aromatic carbocycles. The van der Waals surface area contributed by atoms with Gasteiger partial charge in [0.05, 0.1) is 11.2 Å². The molecule has 32 heavy (non-hydrogen) atoms. The van der Waals surface area contributed by atoms with Crippen LogP contribution in [0.3, 0.4) is 0 Å². The molecule has 2 atom stereocenters. The molecule has 1 N–H and O–H groups in total. The Hall–Kier alpha value is -2.97. The number of ether oxygens (including phenoxy) is 2. The zero-order valence-electron chi connectivity index (χ0n) is 18.6. The van der Waals surface area contributed by atoms with Gasteiger partial charge in [-0.1, -0.05) is 12.1 Å². The Morgan fingerprint density at radius 1 is 1.19 bits per heavy atom. The van der Waals surface area contributed by atoms with E-state index in [0.29, 0.717) is 46.7 Å². The summed E-state index contributed by atoms with van der Waals surface area (Å²) in [6, 6.07) is 9.47. The molecule has 1 saturated heterocycles. The topological polar surface area (TPSA) is 62.8 Å². The van der Waals surface area contributed by atoms with Gasteiger partial charge in [-0.2, -0.15) is 0 Å². The van der Waals surface area contributed by atoms with Crippen molar-refractivity contribution in [3.05, 3.63) is 48.0 Å². The number of nitrogens with zero attached hydrogens (tertiary/aromatic N) is 4. The maximum atomic E-state index is 14.5. The number of aromatic nitrogens is 2. The lowest BCUT2D eigenvalue weighted by atomic mass is 10.1. The van der Waals surface area contributed by atoms with E-state index in [2.05, 4.69) is 39.1 Å². The highest BCUT2D eigenvalue weighted by molar-refractivity contribution is 5.93. The van der Waals surface area contributed by atoms with E-state index < -0.39 is 0 Å². The molecule has 168 valence electrons. The molecule has 0 saturated carbocycles. The second kappa shape index (κ2) is 8.52. The fourth-order valence-electron chi connectivity index (χ4n) is 4.44. The highest BCUT2D eigenvalue weighted by atomic mass is 19.1. The molecule has 3 heterocycles. The van der Waals surface area contributed by atoms with Crippen LogP contribution in [0.25, 0.3) is 10.9 Å². The first kappa shape index (κ1) is 20.9. The first-order valence-corrected chi connectivity index (χ1v) is 11.0. The van der Waals surface area contributed by atoms with Crippen LogP contribution in [0.1, 0.15) is 12.5 Å². The zero-order chi connectivity index (χ0) is 22.2. The summed E-state index contributed by atoms with van der Waals surface area (Å²) >= 11 is 0. The van der Waals surface area contributed by atoms with Crippen LogP contribution in [0.2, 0.25) is 0 Å². The van der Waals surface area contributed by atoms with Crippen LogP contribution in [0, 0.1) is 12.7 Å². The first-order chi connectivity index (χ1) is 15.5. The summed E-state index contributed by atoms with van der Waals surface area (Å²) in [5, 5.41) is 3.87. The number of fused-ring (bicyclic) bond motifs is 2. The maximum absolute atomic E-state index is 14.5. The molecule has 0 amide bonds. The zero-order valence-corrected chi connectivity index (χ0v) is 18.6. The lowest BCUT2D eigenvalue weighted by Crippen LogP contribution is -2.54. The Bertz CT molecular complexity index is 1140. The minimum absolute atomic E-state index is 0.0546. The SMILES string of the molecule is Cc1cccc(Nc2ncnc3cc4c(cc23)O[C@@H](CN2CCN(C)C[C@@H]2C)CO4)c1F. The summed E-state index contributed by atoms with van der Waals surface area (Å²) in [6.45, 7) is 8.44. The third-order valence-electron chi connectivity index (χ3n) is 6.27. The predicted molar refractivity (Wildman–Crippen MR) is 122 cm³/mol. The third kappa shape index (κ3) is 4.08. The van der Waals surface area contributed by atoms with Crippen molar-refractivity contribution in [3.63, 3.8) is 0 Å².